The van der Waals surface area contributed by atoms with E-state index in [2.05, 4.69) is 16.4 Å². The van der Waals surface area contributed by atoms with Crippen LogP contribution in [0.2, 0.25) is 5.02 Å². The maximum absolute atomic E-state index is 13.5. The highest BCUT2D eigenvalue weighted by Crippen LogP contribution is 2.52. The number of nitrogens with one attached hydrogen (secondary N) is 2. The molecule has 8 heteroatoms. The number of ether oxygens (including phenoxy) is 3. The van der Waals surface area contributed by atoms with Crippen molar-refractivity contribution in [1.82, 2.24) is 10.3 Å². The molecule has 0 unspecified atom stereocenters. The monoisotopic (exact) mass is 480 g/mol. The third-order valence-electron chi connectivity index (χ3n) is 6.73. The Morgan fingerprint density at radius 3 is 2.71 bits per heavy atom. The first-order chi connectivity index (χ1) is 16.4. The summed E-state index contributed by atoms with van der Waals surface area (Å²) in [5.41, 5.74) is 1.61. The van der Waals surface area contributed by atoms with Crippen LogP contribution in [0.25, 0.3) is 10.9 Å². The molecular weight excluding hydrogens is 456 g/mol. The second-order valence-corrected chi connectivity index (χ2v) is 9.02. The number of H-pyrrole nitrogens is 1. The van der Waals surface area contributed by atoms with Gasteiger partial charge in [-0.1, -0.05) is 36.7 Å². The summed E-state index contributed by atoms with van der Waals surface area (Å²) in [4.78, 5) is 30.2. The summed E-state index contributed by atoms with van der Waals surface area (Å²) in [6, 6.07) is 9.69. The van der Waals surface area contributed by atoms with Gasteiger partial charge in [-0.2, -0.15) is 0 Å². The number of benzene rings is 2. The first kappa shape index (κ1) is 22.3. The van der Waals surface area contributed by atoms with Crippen molar-refractivity contribution < 1.29 is 23.8 Å². The van der Waals surface area contributed by atoms with Crippen molar-refractivity contribution in [3.05, 3.63) is 64.5 Å². The average molecular weight is 481 g/mol. The molecule has 1 aromatic heterocycles. The zero-order valence-electron chi connectivity index (χ0n) is 19.2. The predicted molar refractivity (Wildman–Crippen MR) is 129 cm³/mol. The van der Waals surface area contributed by atoms with Gasteiger partial charge in [0.1, 0.15) is 22.1 Å². The van der Waals surface area contributed by atoms with Crippen LogP contribution in [0.5, 0.6) is 17.2 Å². The highest BCUT2D eigenvalue weighted by atomic mass is 35.5. The van der Waals surface area contributed by atoms with Crippen LogP contribution >= 0.6 is 11.6 Å². The van der Waals surface area contributed by atoms with Crippen molar-refractivity contribution in [2.45, 2.75) is 25.4 Å². The number of halogens is 1. The predicted octanol–water partition coefficient (Wildman–Crippen LogP) is 4.48. The van der Waals surface area contributed by atoms with Crippen molar-refractivity contribution in [3.8, 4) is 17.2 Å². The molecule has 2 heterocycles. The average Bonchev–Trinajstić information content (AvgIpc) is 3.38. The van der Waals surface area contributed by atoms with E-state index in [0.717, 1.165) is 17.6 Å². The molecule has 2 aromatic carbocycles. The standard InChI is InChI=1S/C26H25ClN2O5/c1-14-10-16(28-9-8-15-13-29-18-7-5-4-6-17(15)18)11-21(30)26(14)25(31)22-19(32-2)12-20(33-3)23(27)24(22)34-26/h4-7,11-14,28-29H,8-10H2,1-3H3/t14-,26+/m1/s1. The van der Waals surface area contributed by atoms with Crippen LogP contribution in [-0.2, 0) is 11.2 Å². The number of aromatic nitrogens is 1. The number of rotatable bonds is 6. The minimum absolute atomic E-state index is 0.132. The summed E-state index contributed by atoms with van der Waals surface area (Å²) in [7, 11) is 2.91. The molecule has 0 amide bonds. The van der Waals surface area contributed by atoms with E-state index in [0.29, 0.717) is 18.7 Å². The van der Waals surface area contributed by atoms with E-state index in [1.807, 2.05) is 31.3 Å². The number of fused-ring (bicyclic) bond motifs is 2. The summed E-state index contributed by atoms with van der Waals surface area (Å²) in [5, 5.41) is 4.71. The van der Waals surface area contributed by atoms with E-state index < -0.39 is 23.1 Å². The van der Waals surface area contributed by atoms with Crippen LogP contribution in [0, 0.1) is 5.92 Å². The lowest BCUT2D eigenvalue weighted by atomic mass is 9.74. The topological polar surface area (TPSA) is 89.7 Å². The van der Waals surface area contributed by atoms with Crippen LogP contribution < -0.4 is 19.5 Å². The Morgan fingerprint density at radius 2 is 1.97 bits per heavy atom. The molecule has 3 aromatic rings. The summed E-state index contributed by atoms with van der Waals surface area (Å²) in [6.07, 6.45) is 4.77. The molecule has 34 heavy (non-hydrogen) atoms. The largest absolute Gasteiger partial charge is 0.496 e. The number of ketones is 2. The Kier molecular flexibility index (Phi) is 5.52. The Balaban J connectivity index is 1.37. The van der Waals surface area contributed by atoms with Crippen LogP contribution in [-0.4, -0.2) is 42.9 Å². The highest BCUT2D eigenvalue weighted by molar-refractivity contribution is 6.36. The van der Waals surface area contributed by atoms with Crippen molar-refractivity contribution in [1.29, 1.82) is 0 Å². The Labute approximate surface area is 202 Å². The van der Waals surface area contributed by atoms with Gasteiger partial charge in [-0.25, -0.2) is 0 Å². The number of aromatic amines is 1. The van der Waals surface area contributed by atoms with Gasteiger partial charge in [0.15, 0.2) is 5.75 Å². The molecule has 2 N–H and O–H groups in total. The van der Waals surface area contributed by atoms with Gasteiger partial charge in [-0.05, 0) is 24.5 Å². The van der Waals surface area contributed by atoms with E-state index in [1.54, 1.807) is 0 Å². The number of carbonyl (C=O) groups is 2. The Bertz CT molecular complexity index is 1340. The maximum Gasteiger partial charge on any atom is 0.236 e. The van der Waals surface area contributed by atoms with E-state index >= 15 is 0 Å². The molecule has 7 nitrogen and oxygen atoms in total. The number of hydrogen-bond acceptors (Lipinski definition) is 6. The fraction of sp³-hybridized carbons (Fsp3) is 0.308. The molecule has 0 bridgehead atoms. The minimum atomic E-state index is -1.66. The second-order valence-electron chi connectivity index (χ2n) is 8.64. The molecule has 5 rings (SSSR count). The Morgan fingerprint density at radius 1 is 1.21 bits per heavy atom. The quantitative estimate of drug-likeness (QED) is 0.506. The molecule has 0 fully saturated rings. The highest BCUT2D eigenvalue weighted by Gasteiger charge is 2.60. The van der Waals surface area contributed by atoms with Gasteiger partial charge in [-0.3, -0.25) is 9.59 Å². The molecule has 0 saturated carbocycles. The van der Waals surface area contributed by atoms with Gasteiger partial charge in [0.2, 0.25) is 17.2 Å². The number of allylic oxidation sites excluding steroid dienone is 1. The molecule has 1 aliphatic heterocycles. The van der Waals surface area contributed by atoms with Crippen molar-refractivity contribution in [2.75, 3.05) is 20.8 Å². The fourth-order valence-corrected chi connectivity index (χ4v) is 5.21. The SMILES string of the molecule is COc1cc(OC)c2c(c1Cl)O[C@@]1(C(=O)C=C(NCCc3c[nH]c4ccccc34)C[C@H]1C)C2=O. The van der Waals surface area contributed by atoms with E-state index in [4.69, 9.17) is 25.8 Å². The fourth-order valence-electron chi connectivity index (χ4n) is 4.95. The smallest absolute Gasteiger partial charge is 0.236 e. The molecule has 1 aliphatic carbocycles. The summed E-state index contributed by atoms with van der Waals surface area (Å²) in [6.45, 7) is 2.50. The molecule has 2 aliphatic rings. The third-order valence-corrected chi connectivity index (χ3v) is 7.09. The van der Waals surface area contributed by atoms with Gasteiger partial charge in [0.25, 0.3) is 0 Å². The minimum Gasteiger partial charge on any atom is -0.496 e. The van der Waals surface area contributed by atoms with Gasteiger partial charge in [0.05, 0.1) is 14.2 Å². The molecule has 0 radical (unpaired) electrons. The Hall–Kier alpha value is -3.45. The van der Waals surface area contributed by atoms with Gasteiger partial charge in [-0.15, -0.1) is 0 Å². The van der Waals surface area contributed by atoms with Gasteiger partial charge < -0.3 is 24.5 Å². The summed E-state index contributed by atoms with van der Waals surface area (Å²) in [5.74, 6) is -0.535. The normalized spacial score (nSPS) is 21.4. The number of para-hydroxylation sites is 1. The van der Waals surface area contributed by atoms with E-state index in [-0.39, 0.29) is 22.1 Å². The van der Waals surface area contributed by atoms with Crippen molar-refractivity contribution in [2.24, 2.45) is 5.92 Å². The first-order valence-corrected chi connectivity index (χ1v) is 11.5. The molecule has 176 valence electrons. The number of hydrogen-bond donors (Lipinski definition) is 2. The summed E-state index contributed by atoms with van der Waals surface area (Å²) >= 11 is 6.43. The van der Waals surface area contributed by atoms with Crippen molar-refractivity contribution in [3.63, 3.8) is 0 Å². The molecular formula is C26H25ClN2O5. The molecule has 0 saturated heterocycles. The van der Waals surface area contributed by atoms with Gasteiger partial charge >= 0.3 is 0 Å². The lowest BCUT2D eigenvalue weighted by Crippen LogP contribution is -2.55. The number of methoxy groups -OCH3 is 2. The van der Waals surface area contributed by atoms with Crippen molar-refractivity contribution >= 4 is 34.1 Å². The lowest BCUT2D eigenvalue weighted by molar-refractivity contribution is -0.129. The van der Waals surface area contributed by atoms with Crippen LogP contribution in [0.15, 0.2) is 48.3 Å². The number of carbonyl (C=O) groups excluding carboxylic acids is 2. The zero-order valence-corrected chi connectivity index (χ0v) is 19.9. The first-order valence-electron chi connectivity index (χ1n) is 11.1. The van der Waals surface area contributed by atoms with Gasteiger partial charge in [0, 0.05) is 47.4 Å². The van der Waals surface area contributed by atoms with Crippen LogP contribution in [0.4, 0.5) is 0 Å². The third kappa shape index (κ3) is 3.26. The van der Waals surface area contributed by atoms with Crippen LogP contribution in [0.1, 0.15) is 29.3 Å². The number of Topliss-reactive ketones (excluding diaryl/α,β-unsaturated/α-hetero) is 1. The molecule has 2 atom stereocenters. The lowest BCUT2D eigenvalue weighted by Gasteiger charge is -2.35. The second kappa shape index (κ2) is 8.40. The maximum atomic E-state index is 13.5. The summed E-state index contributed by atoms with van der Waals surface area (Å²) < 4.78 is 16.8. The van der Waals surface area contributed by atoms with Crippen LogP contribution in [0.3, 0.4) is 0 Å². The van der Waals surface area contributed by atoms with E-state index in [9.17, 15) is 9.59 Å². The molecule has 1 spiro atoms. The zero-order chi connectivity index (χ0) is 24.0. The van der Waals surface area contributed by atoms with E-state index in [1.165, 1.54) is 37.3 Å².